The predicted octanol–water partition coefficient (Wildman–Crippen LogP) is 4.26. The summed E-state index contributed by atoms with van der Waals surface area (Å²) in [6, 6.07) is 6.17. The normalized spacial score (nSPS) is 23.8. The molecule has 3 aromatic rings. The van der Waals surface area contributed by atoms with Gasteiger partial charge in [0.25, 0.3) is 0 Å². The van der Waals surface area contributed by atoms with Gasteiger partial charge >= 0.3 is 0 Å². The molecule has 160 valence electrons. The second-order valence-corrected chi connectivity index (χ2v) is 9.86. The number of anilines is 3. The van der Waals surface area contributed by atoms with Crippen LogP contribution in [-0.4, -0.2) is 46.3 Å². The fourth-order valence-corrected chi connectivity index (χ4v) is 5.57. The number of aromatic nitrogens is 3. The van der Waals surface area contributed by atoms with Crippen LogP contribution in [0.25, 0.3) is 20.8 Å². The van der Waals surface area contributed by atoms with Crippen molar-refractivity contribution in [3.8, 4) is 10.6 Å². The lowest BCUT2D eigenvalue weighted by Gasteiger charge is -2.33. The number of hydrogen-bond acceptors (Lipinski definition) is 8. The molecule has 0 saturated heterocycles. The number of fused-ring (bicyclic) bond motifs is 1. The molecule has 3 atom stereocenters. The van der Waals surface area contributed by atoms with Crippen molar-refractivity contribution in [3.05, 3.63) is 23.4 Å². The Kier molecular flexibility index (Phi) is 5.50. The van der Waals surface area contributed by atoms with Crippen molar-refractivity contribution in [2.45, 2.75) is 32.2 Å². The number of aliphatic hydroxyl groups excluding tert-OH is 1. The molecule has 0 spiro atoms. The van der Waals surface area contributed by atoms with E-state index < -0.39 is 0 Å². The van der Waals surface area contributed by atoms with Gasteiger partial charge in [-0.15, -0.1) is 11.3 Å². The molecule has 1 aliphatic carbocycles. The van der Waals surface area contributed by atoms with Crippen LogP contribution in [0.2, 0.25) is 5.15 Å². The van der Waals surface area contributed by atoms with Crippen LogP contribution in [-0.2, 0) is 0 Å². The summed E-state index contributed by atoms with van der Waals surface area (Å²) in [5.41, 5.74) is 8.37. The average molecular weight is 447 g/mol. The third kappa shape index (κ3) is 3.68. The molecule has 1 saturated carbocycles. The molecule has 2 heterocycles. The van der Waals surface area contributed by atoms with Crippen molar-refractivity contribution in [3.63, 3.8) is 0 Å². The minimum absolute atomic E-state index is 0.121. The standard InChI is InChI=1S/C21H27ClN6OS/c1-11-12(10-29)7-8-21(11,2)27-18-16(17(22)25-20(23)26-18)19-24-14-6-5-13(28(3)4)9-15(14)30-19/h5-6,9,11-12,29H,7-8,10H2,1-4H3,(H3,23,25,26,27). The van der Waals surface area contributed by atoms with Gasteiger partial charge in [0, 0.05) is 31.9 Å². The molecule has 3 unspecified atom stereocenters. The van der Waals surface area contributed by atoms with Gasteiger partial charge in [-0.3, -0.25) is 0 Å². The maximum Gasteiger partial charge on any atom is 0.223 e. The zero-order chi connectivity index (χ0) is 21.6. The van der Waals surface area contributed by atoms with Gasteiger partial charge in [0.1, 0.15) is 16.0 Å². The van der Waals surface area contributed by atoms with E-state index in [-0.39, 0.29) is 35.1 Å². The monoisotopic (exact) mass is 446 g/mol. The van der Waals surface area contributed by atoms with Gasteiger partial charge in [-0.2, -0.15) is 4.98 Å². The second-order valence-electron chi connectivity index (χ2n) is 8.47. The summed E-state index contributed by atoms with van der Waals surface area (Å²) >= 11 is 8.10. The quantitative estimate of drug-likeness (QED) is 0.503. The number of aliphatic hydroxyl groups is 1. The van der Waals surface area contributed by atoms with Crippen LogP contribution in [0.5, 0.6) is 0 Å². The van der Waals surface area contributed by atoms with Crippen LogP contribution in [0.1, 0.15) is 26.7 Å². The number of nitrogens with one attached hydrogen (secondary N) is 1. The Bertz CT molecular complexity index is 1090. The first-order valence-corrected chi connectivity index (χ1v) is 11.2. The molecule has 2 aromatic heterocycles. The third-order valence-corrected chi connectivity index (χ3v) is 7.68. The predicted molar refractivity (Wildman–Crippen MR) is 125 cm³/mol. The Morgan fingerprint density at radius 3 is 2.77 bits per heavy atom. The average Bonchev–Trinajstić information content (AvgIpc) is 3.21. The van der Waals surface area contributed by atoms with Gasteiger partial charge in [0.05, 0.1) is 15.8 Å². The Morgan fingerprint density at radius 2 is 2.10 bits per heavy atom. The first-order chi connectivity index (χ1) is 14.2. The first kappa shape index (κ1) is 21.1. The molecule has 0 radical (unpaired) electrons. The zero-order valence-corrected chi connectivity index (χ0v) is 19.2. The van der Waals surface area contributed by atoms with E-state index in [0.29, 0.717) is 11.4 Å². The van der Waals surface area contributed by atoms with Crippen molar-refractivity contribution in [2.24, 2.45) is 11.8 Å². The number of benzene rings is 1. The number of nitrogens with two attached hydrogens (primary N) is 1. The van der Waals surface area contributed by atoms with Crippen molar-refractivity contribution >= 4 is 50.6 Å². The Balaban J connectivity index is 1.78. The topological polar surface area (TPSA) is 100 Å². The fraction of sp³-hybridized carbons (Fsp3) is 0.476. The largest absolute Gasteiger partial charge is 0.396 e. The van der Waals surface area contributed by atoms with Crippen LogP contribution in [0.4, 0.5) is 17.5 Å². The number of nitrogens with zero attached hydrogens (tertiary/aromatic N) is 4. The lowest BCUT2D eigenvalue weighted by atomic mass is 9.86. The molecule has 0 aliphatic heterocycles. The number of thiazole rings is 1. The summed E-state index contributed by atoms with van der Waals surface area (Å²) in [5.74, 6) is 1.23. The number of hydrogen-bond donors (Lipinski definition) is 3. The summed E-state index contributed by atoms with van der Waals surface area (Å²) in [4.78, 5) is 15.5. The zero-order valence-electron chi connectivity index (χ0n) is 17.6. The smallest absolute Gasteiger partial charge is 0.223 e. The van der Waals surface area contributed by atoms with Crippen molar-refractivity contribution in [1.82, 2.24) is 15.0 Å². The molecule has 30 heavy (non-hydrogen) atoms. The number of halogens is 1. The van der Waals surface area contributed by atoms with Crippen molar-refractivity contribution < 1.29 is 5.11 Å². The molecule has 1 aromatic carbocycles. The van der Waals surface area contributed by atoms with Gasteiger partial charge in [-0.05, 0) is 49.8 Å². The molecule has 0 bridgehead atoms. The van der Waals surface area contributed by atoms with Crippen LogP contribution in [0.15, 0.2) is 18.2 Å². The van der Waals surface area contributed by atoms with E-state index in [1.165, 1.54) is 0 Å². The molecule has 1 fully saturated rings. The number of nitrogen functional groups attached to an aromatic ring is 1. The maximum atomic E-state index is 9.69. The van der Waals surface area contributed by atoms with Gasteiger partial charge in [-0.25, -0.2) is 9.97 Å². The summed E-state index contributed by atoms with van der Waals surface area (Å²) in [6.45, 7) is 4.50. The van der Waals surface area contributed by atoms with Crippen LogP contribution in [0, 0.1) is 11.8 Å². The Morgan fingerprint density at radius 1 is 1.33 bits per heavy atom. The molecule has 9 heteroatoms. The van der Waals surface area contributed by atoms with E-state index in [4.69, 9.17) is 22.3 Å². The van der Waals surface area contributed by atoms with E-state index in [0.717, 1.165) is 33.8 Å². The highest BCUT2D eigenvalue weighted by molar-refractivity contribution is 7.21. The van der Waals surface area contributed by atoms with E-state index in [1.54, 1.807) is 11.3 Å². The lowest BCUT2D eigenvalue weighted by molar-refractivity contribution is 0.187. The Labute approximate surface area is 185 Å². The summed E-state index contributed by atoms with van der Waals surface area (Å²) in [5, 5.41) is 14.3. The Hall–Kier alpha value is -2.16. The summed E-state index contributed by atoms with van der Waals surface area (Å²) < 4.78 is 1.07. The van der Waals surface area contributed by atoms with Gasteiger partial charge in [0.2, 0.25) is 5.95 Å². The minimum Gasteiger partial charge on any atom is -0.396 e. The second kappa shape index (κ2) is 7.83. The third-order valence-electron chi connectivity index (χ3n) is 6.37. The summed E-state index contributed by atoms with van der Waals surface area (Å²) in [7, 11) is 4.03. The van der Waals surface area contributed by atoms with Crippen molar-refractivity contribution in [1.29, 1.82) is 0 Å². The molecule has 0 amide bonds. The highest BCUT2D eigenvalue weighted by Gasteiger charge is 2.43. The molecule has 1 aliphatic rings. The molecule has 4 rings (SSSR count). The highest BCUT2D eigenvalue weighted by atomic mass is 35.5. The van der Waals surface area contributed by atoms with Crippen LogP contribution >= 0.6 is 22.9 Å². The van der Waals surface area contributed by atoms with Gasteiger partial charge in [0.15, 0.2) is 0 Å². The number of rotatable bonds is 5. The van der Waals surface area contributed by atoms with E-state index in [2.05, 4.69) is 40.1 Å². The van der Waals surface area contributed by atoms with E-state index >= 15 is 0 Å². The van der Waals surface area contributed by atoms with Crippen molar-refractivity contribution in [2.75, 3.05) is 36.7 Å². The van der Waals surface area contributed by atoms with E-state index in [9.17, 15) is 5.11 Å². The molecular weight excluding hydrogens is 420 g/mol. The first-order valence-electron chi connectivity index (χ1n) is 10.0. The highest BCUT2D eigenvalue weighted by Crippen LogP contribution is 2.45. The maximum absolute atomic E-state index is 9.69. The van der Waals surface area contributed by atoms with Crippen LogP contribution < -0.4 is 16.0 Å². The minimum atomic E-state index is -0.235. The summed E-state index contributed by atoms with van der Waals surface area (Å²) in [6.07, 6.45) is 1.88. The fourth-order valence-electron chi connectivity index (χ4n) is 4.21. The molecule has 4 N–H and O–H groups in total. The van der Waals surface area contributed by atoms with Gasteiger partial charge < -0.3 is 21.1 Å². The lowest BCUT2D eigenvalue weighted by Crippen LogP contribution is -2.40. The molecular formula is C21H27ClN6OS. The van der Waals surface area contributed by atoms with E-state index in [1.807, 2.05) is 26.2 Å². The molecule has 7 nitrogen and oxygen atoms in total. The van der Waals surface area contributed by atoms with Crippen LogP contribution in [0.3, 0.4) is 0 Å². The SMILES string of the molecule is CC1C(CO)CCC1(C)Nc1nc(N)nc(Cl)c1-c1nc2ccc(N(C)C)cc2s1. The van der Waals surface area contributed by atoms with Gasteiger partial charge in [-0.1, -0.05) is 18.5 Å².